The van der Waals surface area contributed by atoms with Crippen LogP contribution in [0.5, 0.6) is 11.5 Å². The van der Waals surface area contributed by atoms with Crippen LogP contribution in [0.4, 0.5) is 5.69 Å². The predicted octanol–water partition coefficient (Wildman–Crippen LogP) is 4.74. The molecule has 2 aliphatic heterocycles. The van der Waals surface area contributed by atoms with E-state index in [1.807, 2.05) is 12.1 Å². The van der Waals surface area contributed by atoms with Crippen molar-refractivity contribution in [2.24, 2.45) is 0 Å². The summed E-state index contributed by atoms with van der Waals surface area (Å²) in [7, 11) is 0. The van der Waals surface area contributed by atoms with Crippen LogP contribution in [0.2, 0.25) is 0 Å². The molecule has 5 heteroatoms. The molecular formula is C17H18N2OS2. The molecule has 0 aliphatic carbocycles. The number of nitrogens with zero attached hydrogens (tertiary/aromatic N) is 1. The molecule has 2 heterocycles. The van der Waals surface area contributed by atoms with E-state index in [9.17, 15) is 0 Å². The Kier molecular flexibility index (Phi) is 3.94. The summed E-state index contributed by atoms with van der Waals surface area (Å²) in [6, 6.07) is 14.6. The minimum absolute atomic E-state index is 0.488. The van der Waals surface area contributed by atoms with Crippen molar-refractivity contribution in [1.29, 1.82) is 0 Å². The van der Waals surface area contributed by atoms with Gasteiger partial charge in [-0.05, 0) is 67.4 Å². The van der Waals surface area contributed by atoms with E-state index in [4.69, 9.17) is 4.74 Å². The quantitative estimate of drug-likeness (QED) is 0.647. The summed E-state index contributed by atoms with van der Waals surface area (Å²) in [4.78, 5) is 4.92. The van der Waals surface area contributed by atoms with Crippen LogP contribution < -0.4 is 14.4 Å². The van der Waals surface area contributed by atoms with Crippen LogP contribution in [-0.4, -0.2) is 19.0 Å². The average molecular weight is 330 g/mol. The van der Waals surface area contributed by atoms with E-state index in [-0.39, 0.29) is 0 Å². The Morgan fingerprint density at radius 1 is 1.23 bits per heavy atom. The van der Waals surface area contributed by atoms with E-state index in [2.05, 4.69) is 46.2 Å². The lowest BCUT2D eigenvalue weighted by Gasteiger charge is -2.33. The highest BCUT2D eigenvalue weighted by Gasteiger charge is 2.30. The number of benzene rings is 2. The highest BCUT2D eigenvalue weighted by molar-refractivity contribution is 7.98. The first kappa shape index (κ1) is 14.3. The zero-order chi connectivity index (χ0) is 14.9. The first-order valence-corrected chi connectivity index (χ1v) is 9.52. The molecule has 2 aliphatic rings. The van der Waals surface area contributed by atoms with Gasteiger partial charge in [0.25, 0.3) is 0 Å². The lowest BCUT2D eigenvalue weighted by molar-refractivity contribution is 0.479. The van der Waals surface area contributed by atoms with Crippen molar-refractivity contribution >= 4 is 29.4 Å². The molecule has 0 amide bonds. The Bertz CT molecular complexity index is 692. The highest BCUT2D eigenvalue weighted by Crippen LogP contribution is 2.40. The summed E-state index contributed by atoms with van der Waals surface area (Å²) in [5, 5.41) is 0. The number of fused-ring (bicyclic) bond motifs is 3. The molecule has 1 atom stereocenters. The molecule has 0 saturated carbocycles. The lowest BCUT2D eigenvalue weighted by Crippen LogP contribution is -2.41. The largest absolute Gasteiger partial charge is 0.457 e. The molecule has 4 rings (SSSR count). The molecule has 1 fully saturated rings. The van der Waals surface area contributed by atoms with Crippen LogP contribution in [0, 0.1) is 0 Å². The Morgan fingerprint density at radius 3 is 3.05 bits per heavy atom. The Balaban J connectivity index is 1.59. The van der Waals surface area contributed by atoms with E-state index in [0.717, 1.165) is 18.0 Å². The van der Waals surface area contributed by atoms with Crippen molar-refractivity contribution in [2.75, 3.05) is 17.7 Å². The van der Waals surface area contributed by atoms with Crippen LogP contribution in [0.15, 0.2) is 52.3 Å². The smallest absolute Gasteiger partial charge is 0.128 e. The van der Waals surface area contributed by atoms with E-state index >= 15 is 0 Å². The van der Waals surface area contributed by atoms with Crippen molar-refractivity contribution in [3.05, 3.63) is 42.5 Å². The average Bonchev–Trinajstić information content (AvgIpc) is 3.04. The fourth-order valence-electron chi connectivity index (χ4n) is 2.99. The second-order valence-electron chi connectivity index (χ2n) is 5.48. The molecule has 0 bridgehead atoms. The number of anilines is 1. The minimum atomic E-state index is 0.488. The summed E-state index contributed by atoms with van der Waals surface area (Å²) >= 11 is 3.45. The molecule has 22 heavy (non-hydrogen) atoms. The SMILES string of the molecule is CSc1cccc(Oc2ccc3c(c2)SNC2CCCN32)c1. The van der Waals surface area contributed by atoms with Gasteiger partial charge in [-0.2, -0.15) is 0 Å². The summed E-state index contributed by atoms with van der Waals surface area (Å²) < 4.78 is 9.56. The van der Waals surface area contributed by atoms with Gasteiger partial charge in [0, 0.05) is 16.3 Å². The molecule has 3 nitrogen and oxygen atoms in total. The number of ether oxygens (including phenoxy) is 1. The van der Waals surface area contributed by atoms with Gasteiger partial charge >= 0.3 is 0 Å². The van der Waals surface area contributed by atoms with Crippen LogP contribution >= 0.6 is 23.7 Å². The molecule has 2 aromatic carbocycles. The van der Waals surface area contributed by atoms with Gasteiger partial charge in [0.05, 0.1) is 11.9 Å². The van der Waals surface area contributed by atoms with Gasteiger partial charge in [0.1, 0.15) is 11.5 Å². The Hall–Kier alpha value is -1.30. The lowest BCUT2D eigenvalue weighted by atomic mass is 10.2. The first-order chi connectivity index (χ1) is 10.8. The Morgan fingerprint density at radius 2 is 2.14 bits per heavy atom. The molecule has 0 spiro atoms. The van der Waals surface area contributed by atoms with E-state index in [0.29, 0.717) is 6.17 Å². The number of nitrogens with one attached hydrogen (secondary N) is 1. The third-order valence-corrected chi connectivity index (χ3v) is 5.74. The molecule has 0 radical (unpaired) electrons. The van der Waals surface area contributed by atoms with Crippen molar-refractivity contribution in [3.63, 3.8) is 0 Å². The predicted molar refractivity (Wildman–Crippen MR) is 94.1 cm³/mol. The summed E-state index contributed by atoms with van der Waals surface area (Å²) in [6.45, 7) is 1.14. The first-order valence-electron chi connectivity index (χ1n) is 7.48. The van der Waals surface area contributed by atoms with Gasteiger partial charge in [-0.3, -0.25) is 0 Å². The number of hydrogen-bond donors (Lipinski definition) is 1. The fraction of sp³-hybridized carbons (Fsp3) is 0.294. The van der Waals surface area contributed by atoms with Crippen molar-refractivity contribution in [1.82, 2.24) is 4.72 Å². The maximum atomic E-state index is 6.03. The zero-order valence-electron chi connectivity index (χ0n) is 12.4. The van der Waals surface area contributed by atoms with Gasteiger partial charge in [-0.25, -0.2) is 4.72 Å². The number of thioether (sulfide) groups is 1. The van der Waals surface area contributed by atoms with Crippen molar-refractivity contribution < 1.29 is 4.74 Å². The van der Waals surface area contributed by atoms with Gasteiger partial charge in [0.2, 0.25) is 0 Å². The summed E-state index contributed by atoms with van der Waals surface area (Å²) in [5.41, 5.74) is 1.33. The maximum Gasteiger partial charge on any atom is 0.128 e. The van der Waals surface area contributed by atoms with Gasteiger partial charge < -0.3 is 9.64 Å². The van der Waals surface area contributed by atoms with Crippen LogP contribution in [0.1, 0.15) is 12.8 Å². The third-order valence-electron chi connectivity index (χ3n) is 4.08. The zero-order valence-corrected chi connectivity index (χ0v) is 14.0. The summed E-state index contributed by atoms with van der Waals surface area (Å²) in [5.74, 6) is 1.78. The highest BCUT2D eigenvalue weighted by atomic mass is 32.2. The standard InChI is InChI=1S/C17H18N2OS2/c1-21-14-5-2-4-12(10-14)20-13-7-8-15-16(11-13)22-18-17-6-3-9-19(15)17/h2,4-5,7-8,10-11,17-18H,3,6,9H2,1H3. The van der Waals surface area contributed by atoms with Crippen LogP contribution in [0.3, 0.4) is 0 Å². The van der Waals surface area contributed by atoms with E-state index in [1.165, 1.54) is 28.3 Å². The molecular weight excluding hydrogens is 312 g/mol. The molecule has 1 N–H and O–H groups in total. The van der Waals surface area contributed by atoms with Crippen molar-refractivity contribution in [2.45, 2.75) is 28.8 Å². The molecule has 114 valence electrons. The Labute approximate surface area is 139 Å². The molecule has 1 saturated heterocycles. The maximum absolute atomic E-state index is 6.03. The third kappa shape index (κ3) is 2.69. The van der Waals surface area contributed by atoms with Crippen molar-refractivity contribution in [3.8, 4) is 11.5 Å². The fourth-order valence-corrected chi connectivity index (χ4v) is 4.41. The van der Waals surface area contributed by atoms with E-state index in [1.54, 1.807) is 23.7 Å². The monoisotopic (exact) mass is 330 g/mol. The van der Waals surface area contributed by atoms with Crippen LogP contribution in [-0.2, 0) is 0 Å². The number of hydrogen-bond acceptors (Lipinski definition) is 5. The molecule has 0 aromatic heterocycles. The molecule has 2 aromatic rings. The molecule has 1 unspecified atom stereocenters. The van der Waals surface area contributed by atoms with Gasteiger partial charge in [-0.1, -0.05) is 6.07 Å². The normalized spacial score (nSPS) is 19.7. The van der Waals surface area contributed by atoms with Gasteiger partial charge in [0.15, 0.2) is 0 Å². The van der Waals surface area contributed by atoms with Gasteiger partial charge in [-0.15, -0.1) is 11.8 Å². The summed E-state index contributed by atoms with van der Waals surface area (Å²) in [6.07, 6.45) is 5.05. The minimum Gasteiger partial charge on any atom is -0.457 e. The van der Waals surface area contributed by atoms with Crippen LogP contribution in [0.25, 0.3) is 0 Å². The second-order valence-corrected chi connectivity index (χ2v) is 7.24. The van der Waals surface area contributed by atoms with E-state index < -0.39 is 0 Å². The second kappa shape index (κ2) is 6.07. The number of rotatable bonds is 3. The topological polar surface area (TPSA) is 24.5 Å².